The zero-order valence-electron chi connectivity index (χ0n) is 8.84. The highest BCUT2D eigenvalue weighted by molar-refractivity contribution is 7.19. The van der Waals surface area contributed by atoms with Gasteiger partial charge in [-0.05, 0) is 12.1 Å². The fourth-order valence-corrected chi connectivity index (χ4v) is 2.41. The van der Waals surface area contributed by atoms with E-state index in [0.29, 0.717) is 10.6 Å². The van der Waals surface area contributed by atoms with Gasteiger partial charge in [-0.25, -0.2) is 4.98 Å². The molecule has 0 atom stereocenters. The fraction of sp³-hybridized carbons (Fsp3) is 0.0833. The molecule has 2 rings (SSSR count). The van der Waals surface area contributed by atoms with E-state index < -0.39 is 0 Å². The molecule has 0 spiro atoms. The predicted molar refractivity (Wildman–Crippen MR) is 66.6 cm³/mol. The summed E-state index contributed by atoms with van der Waals surface area (Å²) >= 11 is 1.40. The summed E-state index contributed by atoms with van der Waals surface area (Å²) in [4.78, 5) is 4.34. The van der Waals surface area contributed by atoms with Crippen molar-refractivity contribution in [3.05, 3.63) is 35.0 Å². The number of hydrogen-bond acceptors (Lipinski definition) is 5. The molecule has 82 valence electrons. The predicted octanol–water partition coefficient (Wildman–Crippen LogP) is 2.40. The summed E-state index contributed by atoms with van der Waals surface area (Å²) in [5.41, 5.74) is 7.10. The van der Waals surface area contributed by atoms with Crippen LogP contribution in [0.2, 0.25) is 0 Å². The Balaban J connectivity index is 2.56. The van der Waals surface area contributed by atoms with Crippen molar-refractivity contribution >= 4 is 27.1 Å². The Hall–Kier alpha value is -2.37. The topological polar surface area (TPSA) is 86.5 Å². The first-order chi connectivity index (χ1) is 8.26. The number of nitriles is 2. The van der Waals surface area contributed by atoms with Crippen LogP contribution in [0.5, 0.6) is 0 Å². The summed E-state index contributed by atoms with van der Waals surface area (Å²) in [5, 5.41) is 18.2. The Kier molecular flexibility index (Phi) is 3.04. The number of rotatable bonds is 2. The number of benzene rings is 1. The molecule has 0 amide bonds. The molecule has 0 saturated heterocycles. The molecule has 1 aromatic heterocycles. The lowest BCUT2D eigenvalue weighted by molar-refractivity contribution is 1.17. The van der Waals surface area contributed by atoms with Crippen molar-refractivity contribution in [1.82, 2.24) is 4.98 Å². The average Bonchev–Trinajstić information content (AvgIpc) is 2.73. The summed E-state index contributed by atoms with van der Waals surface area (Å²) in [6, 6.07) is 11.6. The summed E-state index contributed by atoms with van der Waals surface area (Å²) < 4.78 is 1.00. The second-order valence-corrected chi connectivity index (χ2v) is 4.36. The van der Waals surface area contributed by atoms with Gasteiger partial charge >= 0.3 is 0 Å². The molecular weight excluding hydrogens is 232 g/mol. The number of para-hydroxylation sites is 1. The highest BCUT2D eigenvalue weighted by Crippen LogP contribution is 2.27. The first-order valence-electron chi connectivity index (χ1n) is 4.88. The van der Waals surface area contributed by atoms with Gasteiger partial charge < -0.3 is 5.73 Å². The second-order valence-electron chi connectivity index (χ2n) is 3.33. The molecule has 0 unspecified atom stereocenters. The van der Waals surface area contributed by atoms with Gasteiger partial charge in [-0.2, -0.15) is 10.5 Å². The standard InChI is InChI=1S/C12H8N4S/c13-6-5-9(15)8(7-14)12-16-10-3-1-2-4-11(10)17-12/h1-4H,5,15H2. The van der Waals surface area contributed by atoms with Gasteiger partial charge in [0.25, 0.3) is 0 Å². The van der Waals surface area contributed by atoms with E-state index in [4.69, 9.17) is 16.3 Å². The molecule has 17 heavy (non-hydrogen) atoms. The van der Waals surface area contributed by atoms with Crippen LogP contribution in [0.25, 0.3) is 15.8 Å². The molecule has 2 N–H and O–H groups in total. The Morgan fingerprint density at radius 2 is 2.12 bits per heavy atom. The molecule has 0 aliphatic heterocycles. The molecule has 0 aliphatic carbocycles. The highest BCUT2D eigenvalue weighted by Gasteiger charge is 2.11. The van der Waals surface area contributed by atoms with Gasteiger partial charge in [0.05, 0.1) is 22.7 Å². The first-order valence-corrected chi connectivity index (χ1v) is 5.69. The number of fused-ring (bicyclic) bond motifs is 1. The Morgan fingerprint density at radius 3 is 2.76 bits per heavy atom. The molecule has 0 radical (unpaired) electrons. The van der Waals surface area contributed by atoms with Crippen LogP contribution in [0.3, 0.4) is 0 Å². The van der Waals surface area contributed by atoms with E-state index in [9.17, 15) is 0 Å². The maximum absolute atomic E-state index is 9.07. The molecule has 0 bridgehead atoms. The third-order valence-corrected chi connectivity index (χ3v) is 3.26. The molecule has 0 fully saturated rings. The van der Waals surface area contributed by atoms with Gasteiger partial charge in [-0.1, -0.05) is 12.1 Å². The zero-order valence-corrected chi connectivity index (χ0v) is 9.66. The summed E-state index contributed by atoms with van der Waals surface area (Å²) in [6.45, 7) is 0. The largest absolute Gasteiger partial charge is 0.400 e. The number of nitrogens with two attached hydrogens (primary N) is 1. The van der Waals surface area contributed by atoms with Gasteiger partial charge in [-0.15, -0.1) is 11.3 Å². The van der Waals surface area contributed by atoms with Gasteiger partial charge in [0.2, 0.25) is 0 Å². The number of thiazole rings is 1. The molecule has 1 heterocycles. The Morgan fingerprint density at radius 1 is 1.35 bits per heavy atom. The van der Waals surface area contributed by atoms with Crippen LogP contribution in [-0.4, -0.2) is 4.98 Å². The minimum atomic E-state index is 0.0405. The normalized spacial score (nSPS) is 11.6. The van der Waals surface area contributed by atoms with Crippen molar-refractivity contribution in [3.63, 3.8) is 0 Å². The molecule has 0 aliphatic rings. The van der Waals surface area contributed by atoms with Crippen molar-refractivity contribution in [1.29, 1.82) is 10.5 Å². The van der Waals surface area contributed by atoms with Crippen LogP contribution in [0, 0.1) is 22.7 Å². The quantitative estimate of drug-likeness (QED) is 0.816. The van der Waals surface area contributed by atoms with Crippen molar-refractivity contribution in [3.8, 4) is 12.1 Å². The van der Waals surface area contributed by atoms with E-state index >= 15 is 0 Å². The molecule has 0 saturated carbocycles. The summed E-state index contributed by atoms with van der Waals surface area (Å²) in [7, 11) is 0. The smallest absolute Gasteiger partial charge is 0.137 e. The lowest BCUT2D eigenvalue weighted by atomic mass is 10.2. The van der Waals surface area contributed by atoms with Gasteiger partial charge in [0.15, 0.2) is 0 Å². The molecule has 4 nitrogen and oxygen atoms in total. The van der Waals surface area contributed by atoms with Gasteiger partial charge in [0, 0.05) is 5.70 Å². The van der Waals surface area contributed by atoms with E-state index in [1.807, 2.05) is 36.4 Å². The lowest BCUT2D eigenvalue weighted by Crippen LogP contribution is -2.00. The zero-order chi connectivity index (χ0) is 12.3. The van der Waals surface area contributed by atoms with E-state index in [2.05, 4.69) is 4.98 Å². The van der Waals surface area contributed by atoms with Crippen molar-refractivity contribution in [2.75, 3.05) is 0 Å². The minimum absolute atomic E-state index is 0.0405. The van der Waals surface area contributed by atoms with Crippen LogP contribution in [0.15, 0.2) is 30.0 Å². The van der Waals surface area contributed by atoms with Gasteiger partial charge in [-0.3, -0.25) is 0 Å². The second kappa shape index (κ2) is 4.65. The molecular formula is C12H8N4S. The average molecular weight is 240 g/mol. The summed E-state index contributed by atoms with van der Waals surface area (Å²) in [6.07, 6.45) is 0.0405. The third kappa shape index (κ3) is 2.10. The SMILES string of the molecule is N#CCC(N)=C(C#N)c1nc2ccccc2s1. The molecule has 5 heteroatoms. The minimum Gasteiger partial charge on any atom is -0.400 e. The summed E-state index contributed by atoms with van der Waals surface area (Å²) in [5.74, 6) is 0. The maximum atomic E-state index is 9.07. The molecule has 2 aromatic rings. The van der Waals surface area contributed by atoms with E-state index in [0.717, 1.165) is 10.2 Å². The van der Waals surface area contributed by atoms with Crippen LogP contribution in [0.1, 0.15) is 11.4 Å². The fourth-order valence-electron chi connectivity index (χ4n) is 1.41. The first kappa shape index (κ1) is 11.1. The van der Waals surface area contributed by atoms with E-state index in [1.165, 1.54) is 11.3 Å². The number of hydrogen-bond donors (Lipinski definition) is 1. The Bertz CT molecular complexity index is 637. The maximum Gasteiger partial charge on any atom is 0.137 e. The van der Waals surface area contributed by atoms with Crippen LogP contribution < -0.4 is 5.73 Å². The van der Waals surface area contributed by atoms with Crippen LogP contribution in [0.4, 0.5) is 0 Å². The van der Waals surface area contributed by atoms with Crippen molar-refractivity contribution in [2.45, 2.75) is 6.42 Å². The number of nitrogens with zero attached hydrogens (tertiary/aromatic N) is 3. The van der Waals surface area contributed by atoms with E-state index in [-0.39, 0.29) is 12.1 Å². The van der Waals surface area contributed by atoms with Crippen molar-refractivity contribution < 1.29 is 0 Å². The third-order valence-electron chi connectivity index (χ3n) is 2.21. The molecule has 1 aromatic carbocycles. The number of allylic oxidation sites excluding steroid dienone is 2. The highest BCUT2D eigenvalue weighted by atomic mass is 32.1. The van der Waals surface area contributed by atoms with Crippen molar-refractivity contribution in [2.24, 2.45) is 5.73 Å². The number of aromatic nitrogens is 1. The monoisotopic (exact) mass is 240 g/mol. The van der Waals surface area contributed by atoms with E-state index in [1.54, 1.807) is 0 Å². The van der Waals surface area contributed by atoms with Crippen LogP contribution >= 0.6 is 11.3 Å². The van der Waals surface area contributed by atoms with Crippen LogP contribution in [-0.2, 0) is 0 Å². The lowest BCUT2D eigenvalue weighted by Gasteiger charge is -1.96. The van der Waals surface area contributed by atoms with Gasteiger partial charge in [0.1, 0.15) is 16.6 Å². The Labute approximate surface area is 102 Å².